The lowest BCUT2D eigenvalue weighted by atomic mass is 9.84. The predicted octanol–water partition coefficient (Wildman–Crippen LogP) is 5.97. The van der Waals surface area contributed by atoms with E-state index in [2.05, 4.69) is 77.9 Å². The number of rotatable bonds is 9. The van der Waals surface area contributed by atoms with Crippen LogP contribution in [0.5, 0.6) is 0 Å². The number of aromatic nitrogens is 2. The van der Waals surface area contributed by atoms with Crippen molar-refractivity contribution >= 4 is 46.2 Å². The van der Waals surface area contributed by atoms with Crippen LogP contribution in [-0.4, -0.2) is 167 Å². The number of likely N-dealkylation sites (N-methyl/N-ethyl adjacent to an activating group) is 1. The monoisotopic (exact) mass is 992 g/mol. The highest BCUT2D eigenvalue weighted by Gasteiger charge is 2.45. The maximum Gasteiger partial charge on any atom is 0.324 e. The number of nitrogens with zero attached hydrogens (tertiary/aromatic N) is 7. The molecule has 6 bridgehead atoms. The van der Waals surface area contributed by atoms with Gasteiger partial charge in [0.2, 0.25) is 11.8 Å². The summed E-state index contributed by atoms with van der Waals surface area (Å²) in [6.07, 6.45) is 8.47. The number of cyclic esters (lactones) is 1. The van der Waals surface area contributed by atoms with Gasteiger partial charge in [0.05, 0.1) is 42.3 Å². The van der Waals surface area contributed by atoms with Crippen LogP contribution in [0.3, 0.4) is 0 Å². The van der Waals surface area contributed by atoms with Gasteiger partial charge in [0.1, 0.15) is 18.1 Å². The van der Waals surface area contributed by atoms with Crippen molar-refractivity contribution < 1.29 is 38.2 Å². The third kappa shape index (κ3) is 11.0. The molecule has 0 radical (unpaired) electrons. The summed E-state index contributed by atoms with van der Waals surface area (Å²) in [5, 5.41) is 5.72. The molecular weight excluding hydrogens is 915 g/mol. The number of likely N-dealkylation sites (tertiary alicyclic amines) is 1. The number of esters is 1. The van der Waals surface area contributed by atoms with Crippen LogP contribution in [0.4, 0.5) is 4.79 Å². The molecule has 17 nitrogen and oxygen atoms in total. The van der Waals surface area contributed by atoms with Gasteiger partial charge in [-0.1, -0.05) is 46.4 Å². The molecule has 6 atom stereocenters. The number of urea groups is 1. The van der Waals surface area contributed by atoms with Gasteiger partial charge in [-0.25, -0.2) is 10.2 Å². The first-order chi connectivity index (χ1) is 34.4. The average molecular weight is 992 g/mol. The number of hydrogen-bond donors (Lipinski definition) is 2. The van der Waals surface area contributed by atoms with Gasteiger partial charge in [0, 0.05) is 94.6 Å². The van der Waals surface area contributed by atoms with Crippen molar-refractivity contribution in [3.05, 3.63) is 72.1 Å². The number of carbonyl (C=O) groups is 5. The van der Waals surface area contributed by atoms with E-state index in [1.807, 2.05) is 33.8 Å². The highest BCUT2D eigenvalue weighted by atomic mass is 16.5. The molecule has 0 saturated carbocycles. The summed E-state index contributed by atoms with van der Waals surface area (Å²) in [4.78, 5) is 82.6. The molecule has 5 aliphatic heterocycles. The Bertz CT molecular complexity index is 2560. The number of ether oxygens (including phenoxy) is 3. The van der Waals surface area contributed by atoms with Crippen molar-refractivity contribution in [1.29, 1.82) is 0 Å². The molecule has 3 aromatic rings. The van der Waals surface area contributed by atoms with Crippen LogP contribution < -0.4 is 10.7 Å². The van der Waals surface area contributed by atoms with Crippen LogP contribution >= 0.6 is 0 Å². The minimum absolute atomic E-state index is 0.136. The number of nitrogens with one attached hydrogen (secondary N) is 2. The first-order valence-electron chi connectivity index (χ1n) is 26.1. The molecule has 3 saturated heterocycles. The molecule has 5 aliphatic rings. The van der Waals surface area contributed by atoms with Crippen LogP contribution in [0.25, 0.3) is 27.7 Å². The fourth-order valence-electron chi connectivity index (χ4n) is 11.7. The third-order valence-corrected chi connectivity index (χ3v) is 15.4. The Kier molecular flexibility index (Phi) is 16.0. The Balaban J connectivity index is 1.08. The number of morpholine rings is 1. The lowest BCUT2D eigenvalue weighted by Gasteiger charge is -2.49. The number of benzene rings is 1. The number of carbonyl (C=O) groups excluding carboxylic acids is 5. The molecule has 0 aliphatic carbocycles. The highest BCUT2D eigenvalue weighted by Crippen LogP contribution is 2.42. The summed E-state index contributed by atoms with van der Waals surface area (Å²) in [5.74, 6) is -1.68. The van der Waals surface area contributed by atoms with E-state index in [1.54, 1.807) is 30.2 Å². The molecular formula is C55H77N9O8. The van der Waals surface area contributed by atoms with Crippen molar-refractivity contribution in [2.45, 2.75) is 129 Å². The lowest BCUT2D eigenvalue weighted by molar-refractivity contribution is -0.175. The van der Waals surface area contributed by atoms with Crippen molar-refractivity contribution in [2.75, 3.05) is 73.1 Å². The number of pyridine rings is 1. The van der Waals surface area contributed by atoms with Gasteiger partial charge in [0.25, 0.3) is 5.91 Å². The van der Waals surface area contributed by atoms with Crippen molar-refractivity contribution in [1.82, 2.24) is 44.9 Å². The number of methoxy groups -OCH3 is 1. The number of hydrazine groups is 1. The van der Waals surface area contributed by atoms with Gasteiger partial charge in [-0.05, 0) is 112 Å². The maximum atomic E-state index is 14.9. The summed E-state index contributed by atoms with van der Waals surface area (Å²) in [7, 11) is 3.34. The Morgan fingerprint density at radius 1 is 1.07 bits per heavy atom. The van der Waals surface area contributed by atoms with E-state index < -0.39 is 41.0 Å². The molecule has 2 aromatic heterocycles. The normalized spacial score (nSPS) is 24.5. The van der Waals surface area contributed by atoms with Crippen LogP contribution in [-0.2, 0) is 46.4 Å². The van der Waals surface area contributed by atoms with Gasteiger partial charge >= 0.3 is 12.0 Å². The third-order valence-electron chi connectivity index (χ3n) is 15.4. The zero-order chi connectivity index (χ0) is 51.6. The molecule has 1 unspecified atom stereocenters. The minimum Gasteiger partial charge on any atom is -0.464 e. The van der Waals surface area contributed by atoms with Crippen molar-refractivity contribution in [3.63, 3.8) is 0 Å². The minimum atomic E-state index is -1.01. The quantitative estimate of drug-likeness (QED) is 0.191. The summed E-state index contributed by atoms with van der Waals surface area (Å²) in [6, 6.07) is 7.77. The standard InChI is InChI=1S/C55H77N9O8/c1-11-46(65)62-30-36(5)72-55(33-62)21-26-61(27-22-55)53(69)59(9)48(35(3)4)50(66)57-44-32-60-24-14-16-39(31-60)38-19-20-45-41(28-38)42(49(63(45)12-2)40-17-13-23-56-47(40)37(6)70-10)29-54(7,8)34-71-52(68)43-18-15-25-64(58-43)51(44)67/h11,13,16-17,19-20,23,28,35-37,43-44,48,58H,1,12,14-15,18,21-22,24-27,29-34H2,2-10H3,(H,57,66)/t36-,37-,43-,44-,48-/m0/s1. The summed E-state index contributed by atoms with van der Waals surface area (Å²) in [6.45, 7) is 22.1. The van der Waals surface area contributed by atoms with E-state index in [4.69, 9.17) is 19.2 Å². The summed E-state index contributed by atoms with van der Waals surface area (Å²) < 4.78 is 20.8. The number of hydrogen-bond acceptors (Lipinski definition) is 11. The van der Waals surface area contributed by atoms with Crippen LogP contribution in [0.1, 0.15) is 103 Å². The molecule has 7 heterocycles. The Morgan fingerprint density at radius 3 is 2.54 bits per heavy atom. The fraction of sp³-hybridized carbons (Fsp3) is 0.600. The SMILES string of the molecule is C=CC(=O)N1C[C@H](C)OC2(CCN(C(=O)N(C)[C@H](C(=O)N[C@H]3CN4CCC=C(C4)c4ccc5c(c4)c(c(-c4cccnc4[C@H](C)OC)n5CC)CC(C)(C)COC(=O)[C@@H]4CCCN(N4)C3=O)C(C)C)CC2)C1. The fourth-order valence-corrected chi connectivity index (χ4v) is 11.7. The van der Waals surface area contributed by atoms with Crippen LogP contribution in [0, 0.1) is 11.3 Å². The van der Waals surface area contributed by atoms with Gasteiger partial charge < -0.3 is 38.8 Å². The van der Waals surface area contributed by atoms with Crippen molar-refractivity contribution in [2.24, 2.45) is 11.3 Å². The Labute approximate surface area is 425 Å². The second kappa shape index (κ2) is 21.8. The first kappa shape index (κ1) is 52.7. The number of fused-ring (bicyclic) bond motifs is 6. The zero-order valence-corrected chi connectivity index (χ0v) is 44.0. The van der Waals surface area contributed by atoms with Gasteiger partial charge in [-0.3, -0.25) is 34.1 Å². The first-order valence-corrected chi connectivity index (χ1v) is 26.1. The van der Waals surface area contributed by atoms with Gasteiger partial charge in [0.15, 0.2) is 0 Å². The number of amides is 5. The predicted molar refractivity (Wildman–Crippen MR) is 276 cm³/mol. The van der Waals surface area contributed by atoms with Gasteiger partial charge in [-0.15, -0.1) is 0 Å². The number of piperidine rings is 1. The molecule has 3 fully saturated rings. The van der Waals surface area contributed by atoms with E-state index in [9.17, 15) is 24.0 Å². The van der Waals surface area contributed by atoms with E-state index in [1.165, 1.54) is 16.0 Å². The Morgan fingerprint density at radius 2 is 1.83 bits per heavy atom. The highest BCUT2D eigenvalue weighted by molar-refractivity contribution is 5.95. The van der Waals surface area contributed by atoms with E-state index >= 15 is 0 Å². The zero-order valence-electron chi connectivity index (χ0n) is 44.0. The molecule has 1 aromatic carbocycles. The molecule has 2 N–H and O–H groups in total. The summed E-state index contributed by atoms with van der Waals surface area (Å²) in [5.41, 5.74) is 9.48. The van der Waals surface area contributed by atoms with Crippen molar-refractivity contribution in [3.8, 4) is 11.3 Å². The second-order valence-electron chi connectivity index (χ2n) is 21.8. The smallest absolute Gasteiger partial charge is 0.324 e. The summed E-state index contributed by atoms with van der Waals surface area (Å²) >= 11 is 0. The number of aryl methyl sites for hydroxylation is 1. The lowest BCUT2D eigenvalue weighted by Crippen LogP contribution is -2.64. The maximum absolute atomic E-state index is 14.9. The Hall–Kier alpha value is -5.62. The van der Waals surface area contributed by atoms with Gasteiger partial charge in [-0.2, -0.15) is 0 Å². The average Bonchev–Trinajstić information content (AvgIpc) is 3.67. The second-order valence-corrected chi connectivity index (χ2v) is 21.8. The molecule has 72 heavy (non-hydrogen) atoms. The van der Waals surface area contributed by atoms with E-state index in [0.29, 0.717) is 84.5 Å². The molecule has 17 heteroatoms. The van der Waals surface area contributed by atoms with E-state index in [-0.39, 0.29) is 49.1 Å². The van der Waals surface area contributed by atoms with E-state index in [0.717, 1.165) is 51.0 Å². The molecule has 1 spiro atoms. The van der Waals surface area contributed by atoms with Crippen LogP contribution in [0.15, 0.2) is 55.3 Å². The largest absolute Gasteiger partial charge is 0.464 e. The molecule has 390 valence electrons. The molecule has 5 amide bonds. The molecule has 8 rings (SSSR count). The van der Waals surface area contributed by atoms with Crippen LogP contribution in [0.2, 0.25) is 0 Å². The topological polar surface area (TPSA) is 171 Å².